The number of hydrogen-bond acceptors (Lipinski definition) is 3. The average Bonchev–Trinajstić information content (AvgIpc) is 3.13. The van der Waals surface area contributed by atoms with E-state index in [4.69, 9.17) is 16.3 Å². The van der Waals surface area contributed by atoms with Crippen LogP contribution in [0.15, 0.2) is 72.8 Å². The maximum absolute atomic E-state index is 6.04. The summed E-state index contributed by atoms with van der Waals surface area (Å²) in [6.07, 6.45) is 0. The van der Waals surface area contributed by atoms with Crippen LogP contribution in [0, 0.1) is 13.8 Å². The van der Waals surface area contributed by atoms with Gasteiger partial charge in [0, 0.05) is 16.3 Å². The molecule has 4 aromatic rings. The summed E-state index contributed by atoms with van der Waals surface area (Å²) in [5, 5.41) is 9.52. The van der Waals surface area contributed by atoms with Crippen molar-refractivity contribution in [2.24, 2.45) is 0 Å². The normalized spacial score (nSPS) is 10.8. The van der Waals surface area contributed by atoms with Crippen LogP contribution in [0.4, 0.5) is 0 Å². The minimum absolute atomic E-state index is 0.317. The number of ether oxygens (including phenoxy) is 1. The van der Waals surface area contributed by atoms with E-state index in [0.717, 1.165) is 28.6 Å². The molecule has 0 N–H and O–H groups in total. The number of nitrogens with zero attached hydrogens (tertiary/aromatic N) is 3. The molecule has 0 atom stereocenters. The third-order valence-corrected chi connectivity index (χ3v) is 4.77. The van der Waals surface area contributed by atoms with Gasteiger partial charge in [0.2, 0.25) is 0 Å². The first-order chi connectivity index (χ1) is 13.6. The Hall–Kier alpha value is -3.11. The number of halogens is 1. The van der Waals surface area contributed by atoms with Crippen LogP contribution in [-0.2, 0) is 6.61 Å². The second kappa shape index (κ2) is 7.87. The van der Waals surface area contributed by atoms with Gasteiger partial charge in [0.05, 0.1) is 0 Å². The number of rotatable bonds is 5. The molecule has 1 heterocycles. The van der Waals surface area contributed by atoms with Gasteiger partial charge in [0.25, 0.3) is 0 Å². The molecule has 0 saturated carbocycles. The van der Waals surface area contributed by atoms with Gasteiger partial charge in [-0.05, 0) is 62.4 Å². The molecule has 28 heavy (non-hydrogen) atoms. The molecule has 0 fully saturated rings. The van der Waals surface area contributed by atoms with E-state index in [0.29, 0.717) is 11.6 Å². The van der Waals surface area contributed by atoms with E-state index in [9.17, 15) is 0 Å². The van der Waals surface area contributed by atoms with Crippen molar-refractivity contribution in [2.45, 2.75) is 20.5 Å². The molecule has 0 amide bonds. The van der Waals surface area contributed by atoms with Crippen LogP contribution < -0.4 is 4.74 Å². The summed E-state index contributed by atoms with van der Waals surface area (Å²) in [7, 11) is 0. The molecule has 3 aromatic carbocycles. The summed E-state index contributed by atoms with van der Waals surface area (Å²) >= 11 is 6.04. The van der Waals surface area contributed by atoms with Gasteiger partial charge < -0.3 is 4.74 Å². The van der Waals surface area contributed by atoms with Crippen molar-refractivity contribution in [3.8, 4) is 22.8 Å². The van der Waals surface area contributed by atoms with Crippen LogP contribution in [0.2, 0.25) is 5.02 Å². The van der Waals surface area contributed by atoms with E-state index in [2.05, 4.69) is 48.3 Å². The van der Waals surface area contributed by atoms with E-state index in [-0.39, 0.29) is 0 Å². The van der Waals surface area contributed by atoms with Crippen molar-refractivity contribution in [1.29, 1.82) is 0 Å². The van der Waals surface area contributed by atoms with E-state index < -0.39 is 0 Å². The van der Waals surface area contributed by atoms with E-state index in [1.54, 1.807) is 0 Å². The van der Waals surface area contributed by atoms with Gasteiger partial charge in [-0.15, -0.1) is 10.2 Å². The fraction of sp³-hybridized carbons (Fsp3) is 0.130. The van der Waals surface area contributed by atoms with E-state index in [1.807, 2.05) is 53.1 Å². The fourth-order valence-electron chi connectivity index (χ4n) is 2.94. The van der Waals surface area contributed by atoms with Crippen LogP contribution in [0.3, 0.4) is 0 Å². The van der Waals surface area contributed by atoms with Gasteiger partial charge in [-0.2, -0.15) is 0 Å². The average molecular weight is 390 g/mol. The third kappa shape index (κ3) is 3.92. The van der Waals surface area contributed by atoms with Crippen molar-refractivity contribution in [2.75, 3.05) is 0 Å². The highest BCUT2D eigenvalue weighted by Crippen LogP contribution is 2.25. The zero-order chi connectivity index (χ0) is 19.5. The van der Waals surface area contributed by atoms with Gasteiger partial charge >= 0.3 is 0 Å². The van der Waals surface area contributed by atoms with Crippen molar-refractivity contribution in [3.05, 3.63) is 94.8 Å². The number of aromatic nitrogens is 3. The summed E-state index contributed by atoms with van der Waals surface area (Å²) in [6.45, 7) is 4.44. The Bertz CT molecular complexity index is 1070. The van der Waals surface area contributed by atoms with Gasteiger partial charge in [0.15, 0.2) is 11.6 Å². The molecule has 0 aliphatic heterocycles. The first-order valence-electron chi connectivity index (χ1n) is 9.07. The maximum Gasteiger partial charge on any atom is 0.175 e. The highest BCUT2D eigenvalue weighted by molar-refractivity contribution is 6.30. The highest BCUT2D eigenvalue weighted by atomic mass is 35.5. The van der Waals surface area contributed by atoms with Crippen molar-refractivity contribution in [1.82, 2.24) is 14.8 Å². The molecule has 4 rings (SSSR count). The second-order valence-electron chi connectivity index (χ2n) is 6.72. The summed E-state index contributed by atoms with van der Waals surface area (Å²) in [6, 6.07) is 23.9. The Morgan fingerprint density at radius 1 is 0.786 bits per heavy atom. The van der Waals surface area contributed by atoms with Crippen molar-refractivity contribution < 1.29 is 4.74 Å². The highest BCUT2D eigenvalue weighted by Gasteiger charge is 2.16. The summed E-state index contributed by atoms with van der Waals surface area (Å²) in [4.78, 5) is 0. The smallest absolute Gasteiger partial charge is 0.175 e. The molecule has 1 aromatic heterocycles. The first-order valence-corrected chi connectivity index (χ1v) is 9.45. The molecule has 140 valence electrons. The number of hydrogen-bond donors (Lipinski definition) is 0. The molecule has 0 bridgehead atoms. The van der Waals surface area contributed by atoms with Crippen LogP contribution in [0.1, 0.15) is 17.0 Å². The lowest BCUT2D eigenvalue weighted by atomic mass is 10.2. The minimum atomic E-state index is 0.317. The van der Waals surface area contributed by atoms with Crippen molar-refractivity contribution in [3.63, 3.8) is 0 Å². The predicted octanol–water partition coefficient (Wildman–Crippen LogP) is 5.78. The monoisotopic (exact) mass is 389 g/mol. The van der Waals surface area contributed by atoms with Crippen LogP contribution in [-0.4, -0.2) is 14.8 Å². The molecule has 0 unspecified atom stereocenters. The lowest BCUT2D eigenvalue weighted by Crippen LogP contribution is -2.07. The van der Waals surface area contributed by atoms with Gasteiger partial charge in [0.1, 0.15) is 12.4 Å². The maximum atomic E-state index is 6.04. The van der Waals surface area contributed by atoms with Gasteiger partial charge in [-0.3, -0.25) is 4.57 Å². The second-order valence-corrected chi connectivity index (χ2v) is 7.16. The van der Waals surface area contributed by atoms with Crippen LogP contribution >= 0.6 is 11.6 Å². The topological polar surface area (TPSA) is 39.9 Å². The lowest BCUT2D eigenvalue weighted by Gasteiger charge is -2.12. The minimum Gasteiger partial charge on any atom is -0.486 e. The molecule has 0 aliphatic rings. The lowest BCUT2D eigenvalue weighted by molar-refractivity contribution is 0.293. The van der Waals surface area contributed by atoms with Crippen molar-refractivity contribution >= 4 is 11.6 Å². The molecule has 5 heteroatoms. The number of benzene rings is 3. The Kier molecular flexibility index (Phi) is 5.13. The van der Waals surface area contributed by atoms with Crippen LogP contribution in [0.25, 0.3) is 17.1 Å². The Morgan fingerprint density at radius 2 is 1.39 bits per heavy atom. The van der Waals surface area contributed by atoms with E-state index >= 15 is 0 Å². The first kappa shape index (κ1) is 18.3. The zero-order valence-corrected chi connectivity index (χ0v) is 16.5. The fourth-order valence-corrected chi connectivity index (χ4v) is 3.07. The quantitative estimate of drug-likeness (QED) is 0.434. The molecular formula is C23H20ClN3O. The molecule has 4 nitrogen and oxygen atoms in total. The van der Waals surface area contributed by atoms with Gasteiger partial charge in [-0.25, -0.2) is 0 Å². The Balaban J connectivity index is 1.72. The van der Waals surface area contributed by atoms with Crippen LogP contribution in [0.5, 0.6) is 5.75 Å². The summed E-state index contributed by atoms with van der Waals surface area (Å²) in [5.74, 6) is 2.29. The SMILES string of the molecule is Cc1ccc(OCc2nnc(-c3ccc(Cl)cc3)n2-c2ccc(C)cc2)cc1. The zero-order valence-electron chi connectivity index (χ0n) is 15.8. The number of aryl methyl sites for hydroxylation is 2. The van der Waals surface area contributed by atoms with Gasteiger partial charge in [-0.1, -0.05) is 47.0 Å². The molecule has 0 radical (unpaired) electrons. The van der Waals surface area contributed by atoms with E-state index in [1.165, 1.54) is 11.1 Å². The predicted molar refractivity (Wildman–Crippen MR) is 112 cm³/mol. The molecule has 0 spiro atoms. The molecule has 0 aliphatic carbocycles. The summed E-state index contributed by atoms with van der Waals surface area (Å²) in [5.41, 5.74) is 4.32. The molecular weight excluding hydrogens is 370 g/mol. The standard InChI is InChI=1S/C23H20ClN3O/c1-16-3-11-20(12-4-16)27-22(15-28-21-13-5-17(2)6-14-21)25-26-23(27)18-7-9-19(24)10-8-18/h3-14H,15H2,1-2H3. The summed E-state index contributed by atoms with van der Waals surface area (Å²) < 4.78 is 7.98. The third-order valence-electron chi connectivity index (χ3n) is 4.51. The Labute approximate surface area is 169 Å². The largest absolute Gasteiger partial charge is 0.486 e. The Morgan fingerprint density at radius 3 is 2.04 bits per heavy atom. The molecule has 0 saturated heterocycles.